The third kappa shape index (κ3) is 7.13. The van der Waals surface area contributed by atoms with Gasteiger partial charge in [-0.3, -0.25) is 4.90 Å². The molecule has 0 aliphatic carbocycles. The van der Waals surface area contributed by atoms with Gasteiger partial charge in [0, 0.05) is 45.8 Å². The lowest BCUT2D eigenvalue weighted by Gasteiger charge is -2.43. The van der Waals surface area contributed by atoms with E-state index in [0.717, 1.165) is 57.0 Å². The first-order valence-corrected chi connectivity index (χ1v) is 10.1. The number of carbonyl (C=O) groups excluding carboxylic acids is 1. The maximum absolute atomic E-state index is 11.7. The zero-order valence-corrected chi connectivity index (χ0v) is 18.0. The Balaban J connectivity index is 0.000000423. The van der Waals surface area contributed by atoms with Crippen LogP contribution in [0.15, 0.2) is 16.5 Å². The molecule has 1 aromatic rings. The van der Waals surface area contributed by atoms with Crippen LogP contribution in [0.25, 0.3) is 0 Å². The fourth-order valence-electron chi connectivity index (χ4n) is 4.00. The second-order valence-corrected chi connectivity index (χ2v) is 8.16. The van der Waals surface area contributed by atoms with Crippen LogP contribution in [0.2, 0.25) is 0 Å². The highest BCUT2D eigenvalue weighted by Gasteiger charge is 2.47. The van der Waals surface area contributed by atoms with Crippen molar-refractivity contribution in [3.8, 4) is 0 Å². The molecule has 2 aliphatic heterocycles. The summed E-state index contributed by atoms with van der Waals surface area (Å²) in [5.41, 5.74) is 0.152. The molecule has 0 bridgehead atoms. The Morgan fingerprint density at radius 2 is 2.03 bits per heavy atom. The predicted octanol–water partition coefficient (Wildman–Crippen LogP) is 2.86. The number of aryl methyl sites for hydroxylation is 1. The van der Waals surface area contributed by atoms with E-state index in [9.17, 15) is 18.0 Å². The SMILES string of the molecule is Cc1ccc(CN2CC[C@H]3OCC[C@@]3(CCNC(=O)N(C)C)C2)o1.O=C(O)C(F)(F)F. The van der Waals surface area contributed by atoms with E-state index in [2.05, 4.69) is 16.3 Å². The van der Waals surface area contributed by atoms with Crippen molar-refractivity contribution in [2.24, 2.45) is 5.41 Å². The summed E-state index contributed by atoms with van der Waals surface area (Å²) in [6, 6.07) is 4.06. The summed E-state index contributed by atoms with van der Waals surface area (Å²) in [5.74, 6) is -0.765. The summed E-state index contributed by atoms with van der Waals surface area (Å²) in [5, 5.41) is 10.1. The molecule has 0 saturated carbocycles. The molecule has 2 saturated heterocycles. The molecular weight excluding hydrogens is 419 g/mol. The molecule has 2 atom stereocenters. The Kier molecular flexibility index (Phi) is 8.35. The monoisotopic (exact) mass is 449 g/mol. The highest BCUT2D eigenvalue weighted by Crippen LogP contribution is 2.43. The van der Waals surface area contributed by atoms with Crippen molar-refractivity contribution >= 4 is 12.0 Å². The quantitative estimate of drug-likeness (QED) is 0.718. The van der Waals surface area contributed by atoms with Crippen molar-refractivity contribution in [1.29, 1.82) is 0 Å². The van der Waals surface area contributed by atoms with Gasteiger partial charge in [-0.2, -0.15) is 13.2 Å². The summed E-state index contributed by atoms with van der Waals surface area (Å²) in [6.45, 7) is 6.41. The molecule has 1 aromatic heterocycles. The maximum Gasteiger partial charge on any atom is 0.490 e. The minimum absolute atomic E-state index is 0.0272. The van der Waals surface area contributed by atoms with Crippen LogP contribution in [0.5, 0.6) is 0 Å². The van der Waals surface area contributed by atoms with Gasteiger partial charge >= 0.3 is 18.2 Å². The molecule has 11 heteroatoms. The predicted molar refractivity (Wildman–Crippen MR) is 106 cm³/mol. The molecule has 2 aliphatic rings. The number of nitrogens with one attached hydrogen (secondary N) is 1. The van der Waals surface area contributed by atoms with Crippen LogP contribution in [-0.2, 0) is 16.1 Å². The number of amides is 2. The molecule has 0 unspecified atom stereocenters. The molecule has 0 radical (unpaired) electrons. The number of hydrogen-bond acceptors (Lipinski definition) is 5. The highest BCUT2D eigenvalue weighted by atomic mass is 19.4. The van der Waals surface area contributed by atoms with Crippen molar-refractivity contribution < 1.29 is 37.0 Å². The number of carboxylic acid groups (broad SMARTS) is 1. The number of carboxylic acids is 1. The number of ether oxygens (including phenoxy) is 1. The van der Waals surface area contributed by atoms with Gasteiger partial charge in [-0.15, -0.1) is 0 Å². The Labute approximate surface area is 179 Å². The van der Waals surface area contributed by atoms with Gasteiger partial charge in [-0.25, -0.2) is 9.59 Å². The Bertz CT molecular complexity index is 753. The molecule has 2 N–H and O–H groups in total. The number of alkyl halides is 3. The first-order valence-electron chi connectivity index (χ1n) is 10.1. The first kappa shape index (κ1) is 25.0. The average Bonchev–Trinajstić information content (AvgIpc) is 3.27. The standard InChI is InChI=1S/C18H29N3O3.C2HF3O2/c1-14-4-5-15(24-14)12-21-10-6-16-18(13-21,8-11-23-16)7-9-19-17(22)20(2)3;3-2(4,5)1(6)7/h4-5,16H,6-13H2,1-3H3,(H,19,22);(H,6,7)/t16-,18+;/m1./s1. The third-order valence-electron chi connectivity index (χ3n) is 5.57. The zero-order chi connectivity index (χ0) is 23.2. The van der Waals surface area contributed by atoms with Gasteiger partial charge < -0.3 is 24.5 Å². The molecule has 31 heavy (non-hydrogen) atoms. The lowest BCUT2D eigenvalue weighted by Crippen LogP contribution is -2.50. The van der Waals surface area contributed by atoms with Crippen LogP contribution in [0.1, 0.15) is 30.8 Å². The number of hydrogen-bond donors (Lipinski definition) is 2. The minimum atomic E-state index is -5.08. The lowest BCUT2D eigenvalue weighted by molar-refractivity contribution is -0.192. The summed E-state index contributed by atoms with van der Waals surface area (Å²) in [7, 11) is 3.53. The Hall–Kier alpha value is -2.27. The normalized spacial score (nSPS) is 23.5. The minimum Gasteiger partial charge on any atom is -0.475 e. The van der Waals surface area contributed by atoms with Gasteiger partial charge in [0.25, 0.3) is 0 Å². The molecule has 0 aromatic carbocycles. The first-order chi connectivity index (χ1) is 14.4. The van der Waals surface area contributed by atoms with E-state index in [1.54, 1.807) is 19.0 Å². The number of carbonyl (C=O) groups is 2. The van der Waals surface area contributed by atoms with Gasteiger partial charge in [0.2, 0.25) is 0 Å². The van der Waals surface area contributed by atoms with Gasteiger partial charge in [0.1, 0.15) is 11.5 Å². The van der Waals surface area contributed by atoms with E-state index >= 15 is 0 Å². The number of nitrogens with zero attached hydrogens (tertiary/aromatic N) is 2. The number of urea groups is 1. The van der Waals surface area contributed by atoms with Crippen LogP contribution in [0.3, 0.4) is 0 Å². The van der Waals surface area contributed by atoms with Gasteiger partial charge in [0.05, 0.1) is 12.6 Å². The van der Waals surface area contributed by atoms with E-state index in [0.29, 0.717) is 12.6 Å². The molecule has 2 fully saturated rings. The molecule has 176 valence electrons. The van der Waals surface area contributed by atoms with Gasteiger partial charge in [0.15, 0.2) is 0 Å². The fourth-order valence-corrected chi connectivity index (χ4v) is 4.00. The molecule has 8 nitrogen and oxygen atoms in total. The fraction of sp³-hybridized carbons (Fsp3) is 0.700. The van der Waals surface area contributed by atoms with Crippen molar-refractivity contribution in [3.05, 3.63) is 23.7 Å². The Morgan fingerprint density at radius 3 is 2.58 bits per heavy atom. The second-order valence-electron chi connectivity index (χ2n) is 8.16. The third-order valence-corrected chi connectivity index (χ3v) is 5.57. The van der Waals surface area contributed by atoms with E-state index in [-0.39, 0.29) is 11.4 Å². The second kappa shape index (κ2) is 10.4. The van der Waals surface area contributed by atoms with Crippen molar-refractivity contribution in [2.75, 3.05) is 40.3 Å². The Morgan fingerprint density at radius 1 is 1.35 bits per heavy atom. The number of furan rings is 1. The molecule has 0 spiro atoms. The van der Waals surface area contributed by atoms with E-state index < -0.39 is 12.1 Å². The number of rotatable bonds is 5. The summed E-state index contributed by atoms with van der Waals surface area (Å²) in [4.78, 5) is 24.7. The van der Waals surface area contributed by atoms with Gasteiger partial charge in [-0.05, 0) is 38.3 Å². The zero-order valence-electron chi connectivity index (χ0n) is 18.0. The molecule has 2 amide bonds. The maximum atomic E-state index is 11.7. The van der Waals surface area contributed by atoms with Crippen LogP contribution >= 0.6 is 0 Å². The van der Waals surface area contributed by atoms with Crippen LogP contribution in [0.4, 0.5) is 18.0 Å². The summed E-state index contributed by atoms with van der Waals surface area (Å²) in [6.07, 6.45) is -1.67. The molecular formula is C20H30F3N3O5. The van der Waals surface area contributed by atoms with Crippen LogP contribution in [-0.4, -0.2) is 79.5 Å². The molecule has 3 heterocycles. The topological polar surface area (TPSA) is 95.3 Å². The largest absolute Gasteiger partial charge is 0.490 e. The van der Waals surface area contributed by atoms with Crippen LogP contribution < -0.4 is 5.32 Å². The highest BCUT2D eigenvalue weighted by molar-refractivity contribution is 5.73. The number of halogens is 3. The number of fused-ring (bicyclic) bond motifs is 1. The number of aliphatic carboxylic acids is 1. The lowest BCUT2D eigenvalue weighted by atomic mass is 9.74. The smallest absolute Gasteiger partial charge is 0.475 e. The number of piperidine rings is 1. The summed E-state index contributed by atoms with van der Waals surface area (Å²) >= 11 is 0. The van der Waals surface area contributed by atoms with Crippen molar-refractivity contribution in [3.63, 3.8) is 0 Å². The van der Waals surface area contributed by atoms with Crippen molar-refractivity contribution in [1.82, 2.24) is 15.1 Å². The van der Waals surface area contributed by atoms with E-state index in [1.807, 2.05) is 13.0 Å². The average molecular weight is 449 g/mol. The molecule has 3 rings (SSSR count). The van der Waals surface area contributed by atoms with E-state index in [1.165, 1.54) is 0 Å². The van der Waals surface area contributed by atoms with Crippen LogP contribution in [0, 0.1) is 12.3 Å². The van der Waals surface area contributed by atoms with Crippen molar-refractivity contribution in [2.45, 2.75) is 45.0 Å². The van der Waals surface area contributed by atoms with E-state index in [4.69, 9.17) is 19.1 Å². The number of likely N-dealkylation sites (tertiary alicyclic amines) is 1. The summed E-state index contributed by atoms with van der Waals surface area (Å²) < 4.78 is 43.5. The van der Waals surface area contributed by atoms with Gasteiger partial charge in [-0.1, -0.05) is 0 Å².